The van der Waals surface area contributed by atoms with Crippen LogP contribution in [0.25, 0.3) is 0 Å². The Hall–Kier alpha value is -1.20. The number of Topliss-reactive ketones (excluding diaryl/α,β-unsaturated/α-hetero) is 1. The Kier molecular flexibility index (Phi) is 13.3. The van der Waals surface area contributed by atoms with Crippen LogP contribution in [0.2, 0.25) is 0 Å². The molecular formula is C20H36O5. The Morgan fingerprint density at radius 3 is 2.48 bits per heavy atom. The third-order valence-corrected chi connectivity index (χ3v) is 4.63. The highest BCUT2D eigenvalue weighted by Gasteiger charge is 2.39. The van der Waals surface area contributed by atoms with E-state index in [0.717, 1.165) is 25.7 Å². The van der Waals surface area contributed by atoms with Gasteiger partial charge in [0.25, 0.3) is 0 Å². The molecule has 0 aliphatic heterocycles. The molecule has 1 aliphatic rings. The van der Waals surface area contributed by atoms with E-state index >= 15 is 0 Å². The van der Waals surface area contributed by atoms with Crippen LogP contribution >= 0.6 is 0 Å². The molecule has 146 valence electrons. The van der Waals surface area contributed by atoms with Crippen molar-refractivity contribution in [2.75, 3.05) is 0 Å². The number of aliphatic carboxylic acids is 1. The molecule has 1 rings (SSSR count). The second-order valence-corrected chi connectivity index (χ2v) is 6.49. The highest BCUT2D eigenvalue weighted by molar-refractivity contribution is 5.84. The van der Waals surface area contributed by atoms with Crippen LogP contribution in [0.15, 0.2) is 12.2 Å². The average Bonchev–Trinajstić information content (AvgIpc) is 2.85. The fraction of sp³-hybridized carbons (Fsp3) is 0.800. The van der Waals surface area contributed by atoms with Crippen LogP contribution in [0, 0.1) is 11.8 Å². The van der Waals surface area contributed by atoms with Gasteiger partial charge in [0.05, 0.1) is 12.2 Å². The van der Waals surface area contributed by atoms with Gasteiger partial charge in [-0.3, -0.25) is 9.59 Å². The molecule has 0 heterocycles. The van der Waals surface area contributed by atoms with Crippen LogP contribution < -0.4 is 0 Å². The molecule has 0 spiro atoms. The zero-order chi connectivity index (χ0) is 19.2. The number of carbonyl (C=O) groups excluding carboxylic acids is 1. The predicted octanol–water partition coefficient (Wildman–Crippen LogP) is 3.72. The van der Waals surface area contributed by atoms with Gasteiger partial charge in [-0.2, -0.15) is 0 Å². The van der Waals surface area contributed by atoms with E-state index in [4.69, 9.17) is 5.11 Å². The second-order valence-electron chi connectivity index (χ2n) is 6.49. The summed E-state index contributed by atoms with van der Waals surface area (Å²) in [5, 5.41) is 28.2. The number of aliphatic hydroxyl groups excluding tert-OH is 2. The van der Waals surface area contributed by atoms with Gasteiger partial charge in [-0.25, -0.2) is 0 Å². The van der Waals surface area contributed by atoms with Gasteiger partial charge >= 0.3 is 5.97 Å². The number of rotatable bonds is 11. The molecule has 0 radical (unpaired) electrons. The van der Waals surface area contributed by atoms with Crippen LogP contribution in [-0.2, 0) is 9.59 Å². The summed E-state index contributed by atoms with van der Waals surface area (Å²) in [4.78, 5) is 22.5. The van der Waals surface area contributed by atoms with Crippen molar-refractivity contribution in [3.63, 3.8) is 0 Å². The molecule has 1 fully saturated rings. The highest BCUT2D eigenvalue weighted by atomic mass is 16.4. The molecular weight excluding hydrogens is 320 g/mol. The minimum absolute atomic E-state index is 0.119. The molecule has 5 heteroatoms. The maximum Gasteiger partial charge on any atom is 0.303 e. The minimum Gasteiger partial charge on any atom is -0.481 e. The summed E-state index contributed by atoms with van der Waals surface area (Å²) < 4.78 is 0. The zero-order valence-corrected chi connectivity index (χ0v) is 16.0. The molecule has 0 aromatic rings. The van der Waals surface area contributed by atoms with E-state index in [9.17, 15) is 19.8 Å². The van der Waals surface area contributed by atoms with Crippen molar-refractivity contribution in [3.05, 3.63) is 12.2 Å². The lowest BCUT2D eigenvalue weighted by molar-refractivity contribution is -0.137. The van der Waals surface area contributed by atoms with Crippen molar-refractivity contribution < 1.29 is 24.9 Å². The summed E-state index contributed by atoms with van der Waals surface area (Å²) in [5.74, 6) is -0.933. The lowest BCUT2D eigenvalue weighted by Crippen LogP contribution is -2.18. The number of aliphatic hydroxyl groups is 2. The Morgan fingerprint density at radius 2 is 1.88 bits per heavy atom. The summed E-state index contributed by atoms with van der Waals surface area (Å²) in [6.45, 7) is 5.92. The summed E-state index contributed by atoms with van der Waals surface area (Å²) in [6.07, 6.45) is 8.52. The van der Waals surface area contributed by atoms with Crippen molar-refractivity contribution in [2.24, 2.45) is 11.8 Å². The number of ketones is 1. The maximum absolute atomic E-state index is 12.0. The number of hydrogen-bond acceptors (Lipinski definition) is 4. The quantitative estimate of drug-likeness (QED) is 0.387. The van der Waals surface area contributed by atoms with Crippen LogP contribution in [0.3, 0.4) is 0 Å². The van der Waals surface area contributed by atoms with Gasteiger partial charge in [0.1, 0.15) is 5.78 Å². The van der Waals surface area contributed by atoms with E-state index in [1.165, 1.54) is 0 Å². The fourth-order valence-electron chi connectivity index (χ4n) is 3.15. The summed E-state index contributed by atoms with van der Waals surface area (Å²) in [5.41, 5.74) is 0. The number of carboxylic acids is 1. The van der Waals surface area contributed by atoms with Crippen molar-refractivity contribution in [1.82, 2.24) is 0 Å². The van der Waals surface area contributed by atoms with E-state index in [1.807, 2.05) is 32.9 Å². The van der Waals surface area contributed by atoms with Gasteiger partial charge in [-0.15, -0.1) is 0 Å². The summed E-state index contributed by atoms with van der Waals surface area (Å²) in [6, 6.07) is 0. The predicted molar refractivity (Wildman–Crippen MR) is 99.4 cm³/mol. The molecule has 1 saturated carbocycles. The number of unbranched alkanes of at least 4 members (excludes halogenated alkanes) is 3. The fourth-order valence-corrected chi connectivity index (χ4v) is 3.15. The Bertz CT molecular complexity index is 405. The normalized spacial score (nSPS) is 24.2. The van der Waals surface area contributed by atoms with Crippen molar-refractivity contribution >= 4 is 11.8 Å². The molecule has 0 amide bonds. The van der Waals surface area contributed by atoms with E-state index < -0.39 is 12.1 Å². The van der Waals surface area contributed by atoms with Gasteiger partial charge in [0.2, 0.25) is 0 Å². The Labute approximate surface area is 152 Å². The third-order valence-electron chi connectivity index (χ3n) is 4.63. The molecule has 0 aromatic heterocycles. The summed E-state index contributed by atoms with van der Waals surface area (Å²) >= 11 is 0. The molecule has 5 nitrogen and oxygen atoms in total. The van der Waals surface area contributed by atoms with Gasteiger partial charge in [-0.1, -0.05) is 52.2 Å². The van der Waals surface area contributed by atoms with Crippen LogP contribution in [0.1, 0.15) is 78.6 Å². The lowest BCUT2D eigenvalue weighted by atomic mass is 9.88. The zero-order valence-electron chi connectivity index (χ0n) is 16.0. The molecule has 4 unspecified atom stereocenters. The van der Waals surface area contributed by atoms with E-state index in [-0.39, 0.29) is 36.6 Å². The van der Waals surface area contributed by atoms with Crippen LogP contribution in [0.4, 0.5) is 0 Å². The summed E-state index contributed by atoms with van der Waals surface area (Å²) in [7, 11) is 0. The maximum atomic E-state index is 12.0. The number of carbonyl (C=O) groups is 2. The van der Waals surface area contributed by atoms with E-state index in [2.05, 4.69) is 0 Å². The molecule has 3 N–H and O–H groups in total. The Balaban J connectivity index is 0.00000277. The van der Waals surface area contributed by atoms with Gasteiger partial charge in [-0.05, 0) is 25.7 Å². The van der Waals surface area contributed by atoms with E-state index in [1.54, 1.807) is 0 Å². The molecule has 0 saturated heterocycles. The first kappa shape index (κ1) is 23.8. The van der Waals surface area contributed by atoms with E-state index in [0.29, 0.717) is 19.3 Å². The topological polar surface area (TPSA) is 94.8 Å². The largest absolute Gasteiger partial charge is 0.481 e. The van der Waals surface area contributed by atoms with Gasteiger partial charge < -0.3 is 15.3 Å². The van der Waals surface area contributed by atoms with Crippen LogP contribution in [-0.4, -0.2) is 39.3 Å². The minimum atomic E-state index is -0.765. The second kappa shape index (κ2) is 14.0. The molecule has 25 heavy (non-hydrogen) atoms. The monoisotopic (exact) mass is 356 g/mol. The first-order chi connectivity index (χ1) is 12.0. The van der Waals surface area contributed by atoms with Crippen molar-refractivity contribution in [3.8, 4) is 0 Å². The first-order valence-electron chi connectivity index (χ1n) is 9.73. The van der Waals surface area contributed by atoms with Gasteiger partial charge in [0, 0.05) is 24.7 Å². The standard InChI is InChI=1S/C18H30O5.C2H6/c1-2-13(19)8-7-10-15-14(16(20)12-17(15)21)9-5-3-4-6-11-18(22)23;1-2/h7,10,13-15,17,19,21H,2-6,8-9,11-12H2,1H3,(H,22,23);1-2H3. The van der Waals surface area contributed by atoms with Crippen LogP contribution in [0.5, 0.6) is 0 Å². The SMILES string of the molecule is CC.CCC(O)CC=CC1C(O)CC(=O)C1CCCCCCC(=O)O. The lowest BCUT2D eigenvalue weighted by Gasteiger charge is -2.17. The number of carboxylic acid groups (broad SMARTS) is 1. The Morgan fingerprint density at radius 1 is 1.24 bits per heavy atom. The smallest absolute Gasteiger partial charge is 0.303 e. The van der Waals surface area contributed by atoms with Gasteiger partial charge in [0.15, 0.2) is 0 Å². The molecule has 1 aliphatic carbocycles. The third kappa shape index (κ3) is 9.75. The average molecular weight is 357 g/mol. The first-order valence-corrected chi connectivity index (χ1v) is 9.73. The van der Waals surface area contributed by atoms with Crippen molar-refractivity contribution in [2.45, 2.75) is 90.8 Å². The van der Waals surface area contributed by atoms with Crippen molar-refractivity contribution in [1.29, 1.82) is 0 Å². The molecule has 0 bridgehead atoms. The highest BCUT2D eigenvalue weighted by Crippen LogP contribution is 2.34. The molecule has 0 aromatic carbocycles. The number of hydrogen-bond donors (Lipinski definition) is 3. The molecule has 4 atom stereocenters.